The minimum Gasteiger partial charge on any atom is -0.493 e. The van der Waals surface area contributed by atoms with E-state index in [0.29, 0.717) is 18.0 Å². The van der Waals surface area contributed by atoms with E-state index < -0.39 is 0 Å². The van der Waals surface area contributed by atoms with E-state index in [4.69, 9.17) is 21.1 Å². The van der Waals surface area contributed by atoms with E-state index in [2.05, 4.69) is 10.5 Å². The highest BCUT2D eigenvalue weighted by Gasteiger charge is 2.04. The summed E-state index contributed by atoms with van der Waals surface area (Å²) in [6, 6.07) is 13.4. The van der Waals surface area contributed by atoms with Gasteiger partial charge in [-0.3, -0.25) is 0 Å². The van der Waals surface area contributed by atoms with Gasteiger partial charge in [0.2, 0.25) is 0 Å². The number of hydrogen-bond acceptors (Lipinski definition) is 4. The first kappa shape index (κ1) is 16.2. The van der Waals surface area contributed by atoms with Crippen LogP contribution in [0, 0.1) is 0 Å². The fourth-order valence-electron chi connectivity index (χ4n) is 2.00. The molecule has 2 aromatic carbocycles. The number of nitrogens with zero attached hydrogens (tertiary/aromatic N) is 1. The summed E-state index contributed by atoms with van der Waals surface area (Å²) in [5.41, 5.74) is 6.05. The molecule has 0 aromatic heterocycles. The summed E-state index contributed by atoms with van der Waals surface area (Å²) < 4.78 is 10.5. The number of hydrogen-bond donors (Lipinski definition) is 1. The van der Waals surface area contributed by atoms with Crippen molar-refractivity contribution in [3.63, 3.8) is 0 Å². The van der Waals surface area contributed by atoms with E-state index in [1.807, 2.05) is 49.4 Å². The van der Waals surface area contributed by atoms with Crippen LogP contribution >= 0.6 is 11.6 Å². The van der Waals surface area contributed by atoms with E-state index in [1.165, 1.54) is 0 Å². The van der Waals surface area contributed by atoms with Gasteiger partial charge in [0.1, 0.15) is 0 Å². The van der Waals surface area contributed by atoms with Crippen LogP contribution in [-0.4, -0.2) is 19.9 Å². The Labute approximate surface area is 135 Å². The van der Waals surface area contributed by atoms with E-state index in [-0.39, 0.29) is 0 Å². The molecule has 2 rings (SSSR count). The van der Waals surface area contributed by atoms with Crippen LogP contribution in [0.1, 0.15) is 18.1 Å². The zero-order valence-electron chi connectivity index (χ0n) is 12.9. The fraction of sp³-hybridized carbons (Fsp3) is 0.235. The lowest BCUT2D eigenvalue weighted by Gasteiger charge is -2.09. The van der Waals surface area contributed by atoms with Gasteiger partial charge in [0.25, 0.3) is 0 Å². The quantitative estimate of drug-likeness (QED) is 0.649. The van der Waals surface area contributed by atoms with Crippen molar-refractivity contribution in [3.8, 4) is 11.5 Å². The molecule has 1 N–H and O–H groups in total. The molecule has 0 spiro atoms. The molecule has 0 aliphatic heterocycles. The predicted octanol–water partition coefficient (Wildman–Crippen LogP) is 3.87. The summed E-state index contributed by atoms with van der Waals surface area (Å²) in [5, 5.41) is 5.09. The van der Waals surface area contributed by atoms with Crippen molar-refractivity contribution in [2.45, 2.75) is 13.5 Å². The normalized spacial score (nSPS) is 11.2. The van der Waals surface area contributed by atoms with Crippen LogP contribution in [0.15, 0.2) is 47.6 Å². The van der Waals surface area contributed by atoms with Gasteiger partial charge >= 0.3 is 0 Å². The number of ether oxygens (including phenoxy) is 2. The molecular formula is C17H19ClN2O2. The van der Waals surface area contributed by atoms with E-state index in [9.17, 15) is 0 Å². The van der Waals surface area contributed by atoms with Crippen molar-refractivity contribution in [1.82, 2.24) is 5.43 Å². The maximum Gasteiger partial charge on any atom is 0.161 e. The zero-order chi connectivity index (χ0) is 15.9. The molecule has 0 unspecified atom stereocenters. The topological polar surface area (TPSA) is 42.8 Å². The van der Waals surface area contributed by atoms with Crippen LogP contribution in [0.5, 0.6) is 11.5 Å². The average Bonchev–Trinajstić information content (AvgIpc) is 2.55. The first-order chi connectivity index (χ1) is 10.6. The Morgan fingerprint density at radius 2 is 1.73 bits per heavy atom. The van der Waals surface area contributed by atoms with Gasteiger partial charge in [-0.25, -0.2) is 0 Å². The SMILES string of the molecule is COc1ccc(CN/N=C(\C)c2ccc(Cl)cc2)cc1OC. The van der Waals surface area contributed by atoms with Crippen molar-refractivity contribution in [2.75, 3.05) is 14.2 Å². The Morgan fingerprint density at radius 3 is 2.36 bits per heavy atom. The summed E-state index contributed by atoms with van der Waals surface area (Å²) in [4.78, 5) is 0. The largest absolute Gasteiger partial charge is 0.493 e. The first-order valence-electron chi connectivity index (χ1n) is 6.88. The molecule has 4 nitrogen and oxygen atoms in total. The molecule has 0 fully saturated rings. The standard InChI is InChI=1S/C17H19ClN2O2/c1-12(14-5-7-15(18)8-6-14)20-19-11-13-4-9-16(21-2)17(10-13)22-3/h4-10,19H,11H2,1-3H3/b20-12+. The number of halogens is 1. The maximum absolute atomic E-state index is 5.88. The molecule has 116 valence electrons. The summed E-state index contributed by atoms with van der Waals surface area (Å²) in [7, 11) is 3.24. The Hall–Kier alpha value is -2.20. The molecular weight excluding hydrogens is 300 g/mol. The Bertz CT molecular complexity index is 654. The van der Waals surface area contributed by atoms with E-state index in [0.717, 1.165) is 21.9 Å². The van der Waals surface area contributed by atoms with Gasteiger partial charge < -0.3 is 14.9 Å². The zero-order valence-corrected chi connectivity index (χ0v) is 13.6. The Morgan fingerprint density at radius 1 is 1.05 bits per heavy atom. The van der Waals surface area contributed by atoms with Crippen LogP contribution in [0.25, 0.3) is 0 Å². The van der Waals surface area contributed by atoms with Gasteiger partial charge in [-0.1, -0.05) is 29.8 Å². The lowest BCUT2D eigenvalue weighted by molar-refractivity contribution is 0.354. The summed E-state index contributed by atoms with van der Waals surface area (Å²) in [6.45, 7) is 2.55. The number of benzene rings is 2. The molecule has 0 atom stereocenters. The average molecular weight is 319 g/mol. The van der Waals surface area contributed by atoms with Crippen LogP contribution in [-0.2, 0) is 6.54 Å². The molecule has 0 aliphatic rings. The third-order valence-corrected chi connectivity index (χ3v) is 3.49. The van der Waals surface area contributed by atoms with Crippen molar-refractivity contribution >= 4 is 17.3 Å². The highest BCUT2D eigenvalue weighted by molar-refractivity contribution is 6.30. The summed E-state index contributed by atoms with van der Waals surface area (Å²) in [5.74, 6) is 1.42. The first-order valence-corrected chi connectivity index (χ1v) is 7.26. The Kier molecular flexibility index (Phi) is 5.67. The third kappa shape index (κ3) is 4.15. The highest BCUT2D eigenvalue weighted by atomic mass is 35.5. The lowest BCUT2D eigenvalue weighted by Crippen LogP contribution is -2.09. The molecule has 0 saturated carbocycles. The van der Waals surface area contributed by atoms with Gasteiger partial charge in [0.05, 0.1) is 26.5 Å². The predicted molar refractivity (Wildman–Crippen MR) is 90.0 cm³/mol. The highest BCUT2D eigenvalue weighted by Crippen LogP contribution is 2.27. The van der Waals surface area contributed by atoms with Gasteiger partial charge in [-0.2, -0.15) is 5.10 Å². The smallest absolute Gasteiger partial charge is 0.161 e. The van der Waals surface area contributed by atoms with Crippen molar-refractivity contribution in [1.29, 1.82) is 0 Å². The molecule has 22 heavy (non-hydrogen) atoms. The van der Waals surface area contributed by atoms with Crippen molar-refractivity contribution < 1.29 is 9.47 Å². The van der Waals surface area contributed by atoms with Gasteiger partial charge in [0.15, 0.2) is 11.5 Å². The van der Waals surface area contributed by atoms with Crippen molar-refractivity contribution in [2.24, 2.45) is 5.10 Å². The van der Waals surface area contributed by atoms with Gasteiger partial charge in [-0.15, -0.1) is 0 Å². The molecule has 2 aromatic rings. The van der Waals surface area contributed by atoms with Crippen LogP contribution in [0.3, 0.4) is 0 Å². The fourth-order valence-corrected chi connectivity index (χ4v) is 2.12. The minimum absolute atomic E-state index is 0.602. The number of methoxy groups -OCH3 is 2. The molecule has 0 aliphatic carbocycles. The molecule has 0 bridgehead atoms. The second-order valence-electron chi connectivity index (χ2n) is 4.73. The lowest BCUT2D eigenvalue weighted by atomic mass is 10.1. The van der Waals surface area contributed by atoms with Crippen LogP contribution in [0.4, 0.5) is 0 Å². The van der Waals surface area contributed by atoms with Crippen LogP contribution in [0.2, 0.25) is 5.02 Å². The molecule has 0 radical (unpaired) electrons. The third-order valence-electron chi connectivity index (χ3n) is 3.24. The summed E-state index contributed by atoms with van der Waals surface area (Å²) in [6.07, 6.45) is 0. The molecule has 0 heterocycles. The van der Waals surface area contributed by atoms with Crippen LogP contribution < -0.4 is 14.9 Å². The Balaban J connectivity index is 2.00. The monoisotopic (exact) mass is 318 g/mol. The second-order valence-corrected chi connectivity index (χ2v) is 5.16. The second kappa shape index (κ2) is 7.71. The number of nitrogens with one attached hydrogen (secondary N) is 1. The number of rotatable bonds is 6. The van der Waals surface area contributed by atoms with Crippen molar-refractivity contribution in [3.05, 3.63) is 58.6 Å². The minimum atomic E-state index is 0.602. The van der Waals surface area contributed by atoms with E-state index >= 15 is 0 Å². The number of hydrazone groups is 1. The molecule has 5 heteroatoms. The maximum atomic E-state index is 5.88. The molecule has 0 amide bonds. The van der Waals surface area contributed by atoms with E-state index in [1.54, 1.807) is 14.2 Å². The molecule has 0 saturated heterocycles. The van der Waals surface area contributed by atoms with Gasteiger partial charge in [0, 0.05) is 5.02 Å². The summed E-state index contributed by atoms with van der Waals surface area (Å²) >= 11 is 5.88. The van der Waals surface area contributed by atoms with Gasteiger partial charge in [-0.05, 0) is 42.3 Å².